The van der Waals surface area contributed by atoms with Crippen molar-refractivity contribution in [3.8, 4) is 34.5 Å². The number of fused-ring (bicyclic) bond motifs is 5. The van der Waals surface area contributed by atoms with Gasteiger partial charge in [0.2, 0.25) is 42.2 Å². The van der Waals surface area contributed by atoms with E-state index in [1.807, 2.05) is 42.7 Å². The van der Waals surface area contributed by atoms with Gasteiger partial charge < -0.3 is 97.4 Å². The highest BCUT2D eigenvalue weighted by molar-refractivity contribution is 8.02. The molecule has 0 radical (unpaired) electrons. The number of methoxy groups -OCH3 is 2. The lowest BCUT2D eigenvalue weighted by atomic mass is 9.83. The number of carbonyl (C=O) groups is 8. The van der Waals surface area contributed by atoms with Crippen molar-refractivity contribution < 1.29 is 105 Å². The van der Waals surface area contributed by atoms with Crippen LogP contribution in [0.3, 0.4) is 0 Å². The number of amides is 8. The van der Waals surface area contributed by atoms with Crippen molar-refractivity contribution in [2.75, 3.05) is 158 Å². The molecule has 6 aliphatic heterocycles. The first-order chi connectivity index (χ1) is 62.8. The monoisotopic (exact) mass is 1810 g/mol. The van der Waals surface area contributed by atoms with Gasteiger partial charge in [-0.15, -0.1) is 11.8 Å². The lowest BCUT2D eigenvalue weighted by molar-refractivity contribution is -0.138. The highest BCUT2D eigenvalue weighted by atomic mass is 32.2. The molecule has 129 heavy (non-hydrogen) atoms. The number of aliphatic imine (C=N–C) groups is 2. The fourth-order valence-electron chi connectivity index (χ4n) is 16.7. The molecule has 2 fully saturated rings. The van der Waals surface area contributed by atoms with Crippen LogP contribution in [-0.2, 0) is 66.7 Å². The molecule has 1 saturated carbocycles. The van der Waals surface area contributed by atoms with Crippen molar-refractivity contribution >= 4 is 99.7 Å². The van der Waals surface area contributed by atoms with Crippen molar-refractivity contribution in [1.29, 1.82) is 0 Å². The first kappa shape index (κ1) is 100. The Morgan fingerprint density at radius 2 is 0.984 bits per heavy atom. The van der Waals surface area contributed by atoms with Crippen molar-refractivity contribution in [2.24, 2.45) is 21.8 Å². The molecule has 2 unspecified atom stereocenters. The number of thioether (sulfide) groups is 1. The van der Waals surface area contributed by atoms with E-state index in [4.69, 9.17) is 76.3 Å². The third-order valence-corrected chi connectivity index (χ3v) is 26.1. The Morgan fingerprint density at radius 3 is 1.48 bits per heavy atom. The molecule has 4 aromatic rings. The molecule has 0 spiro atoms. The Kier molecular flexibility index (Phi) is 41.2. The van der Waals surface area contributed by atoms with E-state index in [0.29, 0.717) is 187 Å². The molecule has 7 aliphatic rings. The largest absolute Gasteiger partial charge is 0.493 e. The predicted molar refractivity (Wildman–Crippen MR) is 493 cm³/mol. The maximum atomic E-state index is 14.2. The predicted octanol–water partition coefficient (Wildman–Crippen LogP) is 13.7. The number of hydrogen-bond donors (Lipinski definition) is 4. The third-order valence-electron chi connectivity index (χ3n) is 24.2. The maximum Gasteiger partial charge on any atom is 0.260 e. The van der Waals surface area contributed by atoms with Gasteiger partial charge in [-0.25, -0.2) is 0 Å². The van der Waals surface area contributed by atoms with E-state index in [9.17, 15) is 38.4 Å². The molecule has 4 aromatic carbocycles. The first-order valence-electron chi connectivity index (χ1n) is 46.5. The standard InChI is InChI=1S/C97H135N9O22S/c1-8-97(9-2,61-69-23-20-18-16-14-12-10-11-13-15-17-19-21-24-69)129-87-60-90(109)104(96(87)114)34-31-88(107)98-33-38-118-40-42-120-44-46-122-48-50-124-52-51-123-49-47-121-45-43-119-41-39-117-37-32-89(108)103-91(67(3)4)93(111)101-68(5)92(110)102-74-28-25-70(26-29-74)72-53-75-62-99-79-58-85(82(115-6)56-77(79)94(112)105(75)64-72)125-35-22-36-126-86-59-80-78(57-83(86)116-7)95(113)106-65-73(54-76(106)63-100-80)71-27-30-81-84(55-71)128-66-127-81/h25-30,55-59,62-65,67-69,75-76,87,91H,8-24,31-54,60-61,66H2,1-7H3,(H,98,107)(H,101,111)(H,102,110)(H,103,108)/t68-,75-,76?,87?,91-/m0/s1. The minimum atomic E-state index is -0.947. The van der Waals surface area contributed by atoms with Gasteiger partial charge in [-0.2, -0.15) is 0 Å². The summed E-state index contributed by atoms with van der Waals surface area (Å²) in [5.74, 6) is 0.924. The number of benzene rings is 4. The summed E-state index contributed by atoms with van der Waals surface area (Å²) in [5, 5.41) is 10.8. The first-order valence-corrected chi connectivity index (χ1v) is 47.4. The van der Waals surface area contributed by atoms with Crippen molar-refractivity contribution in [3.05, 3.63) is 101 Å². The molecule has 0 aromatic heterocycles. The Morgan fingerprint density at radius 1 is 0.512 bits per heavy atom. The molecule has 6 heterocycles. The second kappa shape index (κ2) is 53.1. The zero-order chi connectivity index (χ0) is 91.1. The zero-order valence-corrected chi connectivity index (χ0v) is 77.3. The number of carbonyl (C=O) groups excluding carboxylic acids is 8. The fourth-order valence-corrected chi connectivity index (χ4v) is 18.5. The molecule has 0 bridgehead atoms. The number of likely N-dealkylation sites (tertiary alicyclic amines) is 1. The van der Waals surface area contributed by atoms with Gasteiger partial charge in [0, 0.05) is 99.0 Å². The van der Waals surface area contributed by atoms with Gasteiger partial charge in [-0.3, -0.25) is 53.2 Å². The molecule has 1 saturated heterocycles. The van der Waals surface area contributed by atoms with Gasteiger partial charge in [0.05, 0.1) is 173 Å². The van der Waals surface area contributed by atoms with E-state index >= 15 is 0 Å². The number of ether oxygens (including phenoxy) is 14. The smallest absolute Gasteiger partial charge is 0.260 e. The van der Waals surface area contributed by atoms with E-state index in [0.717, 1.165) is 41.5 Å². The summed E-state index contributed by atoms with van der Waals surface area (Å²) >= 11 is 1.74. The van der Waals surface area contributed by atoms with Crippen molar-refractivity contribution in [3.63, 3.8) is 0 Å². The molecule has 11 rings (SSSR count). The van der Waals surface area contributed by atoms with Crippen LogP contribution in [-0.4, -0.2) is 262 Å². The van der Waals surface area contributed by atoms with Crippen LogP contribution in [0.5, 0.6) is 34.5 Å². The summed E-state index contributed by atoms with van der Waals surface area (Å²) in [6, 6.07) is 17.2. The quantitative estimate of drug-likeness (QED) is 0.0236. The van der Waals surface area contributed by atoms with Crippen LogP contribution in [0.4, 0.5) is 17.1 Å². The summed E-state index contributed by atoms with van der Waals surface area (Å²) < 4.78 is 79.6. The Balaban J connectivity index is 0.464. The average Bonchev–Trinajstić information content (AvgIpc) is 1.59. The lowest BCUT2D eigenvalue weighted by Gasteiger charge is -2.36. The van der Waals surface area contributed by atoms with E-state index in [-0.39, 0.29) is 117 Å². The lowest BCUT2D eigenvalue weighted by Crippen LogP contribution is -2.53. The summed E-state index contributed by atoms with van der Waals surface area (Å²) in [6.07, 6.45) is 30.6. The molecule has 8 amide bonds. The van der Waals surface area contributed by atoms with E-state index in [1.165, 1.54) is 109 Å². The van der Waals surface area contributed by atoms with Crippen LogP contribution in [0.1, 0.15) is 214 Å². The molecular formula is C97H135N9O22S. The topological polar surface area (TPSA) is 348 Å². The molecule has 706 valence electrons. The molecule has 1 aliphatic carbocycles. The molecule has 31 nitrogen and oxygen atoms in total. The van der Waals surface area contributed by atoms with Gasteiger partial charge in [0.25, 0.3) is 11.8 Å². The van der Waals surface area contributed by atoms with Gasteiger partial charge in [-0.1, -0.05) is 136 Å². The minimum absolute atomic E-state index is 0.0108. The normalized spacial score (nSPS) is 18.3. The molecular weight excluding hydrogens is 1680 g/mol. The molecule has 5 atom stereocenters. The summed E-state index contributed by atoms with van der Waals surface area (Å²) in [6.45, 7) is 16.3. The average molecular weight is 1810 g/mol. The second-order valence-corrected chi connectivity index (χ2v) is 35.5. The van der Waals surface area contributed by atoms with E-state index in [1.54, 1.807) is 91.2 Å². The van der Waals surface area contributed by atoms with Crippen LogP contribution in [0.25, 0.3) is 11.1 Å². The van der Waals surface area contributed by atoms with Crippen LogP contribution >= 0.6 is 11.8 Å². The molecule has 32 heteroatoms. The van der Waals surface area contributed by atoms with E-state index < -0.39 is 29.1 Å². The number of anilines is 1. The summed E-state index contributed by atoms with van der Waals surface area (Å²) in [5.41, 5.74) is 5.77. The van der Waals surface area contributed by atoms with Crippen LogP contribution in [0, 0.1) is 11.8 Å². The van der Waals surface area contributed by atoms with Gasteiger partial charge in [-0.05, 0) is 96.7 Å². The SMILES string of the molecule is CCC(CC)(CC1CCCCCCCCCCCCCC1)SC1CC(=O)N(CCC(=O)NCCOCCOCCOCCOCCOCCOCCOCCOCCC(=O)N[C@H](C(=O)N[C@@H](C)C(=O)Nc2ccc(C3=CN4C(=O)c5cc(OC)c(OCCCOc6cc7c(cc6OC)C(=O)N6C=C(c8ccc9c(c8)OCO9)CC6C=N7)cc5N=C[C@@H]4C3)cc2)C(C)C)C1=O. The Hall–Kier alpha value is -9.51. The van der Waals surface area contributed by atoms with Crippen molar-refractivity contribution in [2.45, 2.75) is 216 Å². The second-order valence-electron chi connectivity index (χ2n) is 33.8. The van der Waals surface area contributed by atoms with Crippen molar-refractivity contribution in [1.82, 2.24) is 30.7 Å². The van der Waals surface area contributed by atoms with E-state index in [2.05, 4.69) is 35.1 Å². The van der Waals surface area contributed by atoms with Crippen LogP contribution in [0.2, 0.25) is 0 Å². The van der Waals surface area contributed by atoms with Gasteiger partial charge in [0.1, 0.15) is 12.1 Å². The number of rotatable bonds is 52. The third kappa shape index (κ3) is 30.5. The van der Waals surface area contributed by atoms with Crippen LogP contribution < -0.4 is 49.7 Å². The Bertz CT molecular complexity index is 4430. The highest BCUT2D eigenvalue weighted by Gasteiger charge is 2.45. The Labute approximate surface area is 763 Å². The molecule has 4 N–H and O–H groups in total. The number of nitrogens with zero attached hydrogens (tertiary/aromatic N) is 5. The number of hydrogen-bond acceptors (Lipinski definition) is 25. The highest BCUT2D eigenvalue weighted by Crippen LogP contribution is 2.48. The summed E-state index contributed by atoms with van der Waals surface area (Å²) in [7, 11) is 3.02. The fraction of sp³-hybridized carbons (Fsp3) is 0.608. The number of imide groups is 1. The maximum absolute atomic E-state index is 14.2. The summed E-state index contributed by atoms with van der Waals surface area (Å²) in [4.78, 5) is 122. The van der Waals surface area contributed by atoms with Gasteiger partial charge in [0.15, 0.2) is 34.5 Å². The van der Waals surface area contributed by atoms with Gasteiger partial charge >= 0.3 is 0 Å². The number of nitrogens with one attached hydrogen (secondary N) is 4. The van der Waals surface area contributed by atoms with Crippen LogP contribution in [0.15, 0.2) is 89.1 Å². The minimum Gasteiger partial charge on any atom is -0.493 e. The zero-order valence-electron chi connectivity index (χ0n) is 76.4.